The lowest BCUT2D eigenvalue weighted by Gasteiger charge is -2.16. The van der Waals surface area contributed by atoms with E-state index in [1.807, 2.05) is 19.9 Å². The zero-order valence-electron chi connectivity index (χ0n) is 10.2. The minimum Gasteiger partial charge on any atom is -0.496 e. The first-order chi connectivity index (χ1) is 7.65. The molecule has 0 radical (unpaired) electrons. The number of ether oxygens (including phenoxy) is 2. The highest BCUT2D eigenvalue weighted by Gasteiger charge is 2.13. The molecular formula is C12H18ClNO2. The third-order valence-corrected chi connectivity index (χ3v) is 2.89. The molecule has 0 heterocycles. The molecule has 1 rings (SSSR count). The van der Waals surface area contributed by atoms with Gasteiger partial charge in [-0.3, -0.25) is 5.32 Å². The SMILES string of the molecule is COc1cc(CNCCl)c(OC)c(C)c1C. The Morgan fingerprint density at radius 2 is 1.88 bits per heavy atom. The molecule has 0 amide bonds. The van der Waals surface area contributed by atoms with Crippen molar-refractivity contribution >= 4 is 11.6 Å². The van der Waals surface area contributed by atoms with E-state index in [0.717, 1.165) is 28.2 Å². The highest BCUT2D eigenvalue weighted by Crippen LogP contribution is 2.33. The fourth-order valence-corrected chi connectivity index (χ4v) is 1.83. The highest BCUT2D eigenvalue weighted by atomic mass is 35.5. The van der Waals surface area contributed by atoms with E-state index in [1.165, 1.54) is 0 Å². The van der Waals surface area contributed by atoms with Gasteiger partial charge in [0.15, 0.2) is 0 Å². The highest BCUT2D eigenvalue weighted by molar-refractivity contribution is 6.17. The normalized spacial score (nSPS) is 10.3. The fraction of sp³-hybridized carbons (Fsp3) is 0.500. The molecule has 16 heavy (non-hydrogen) atoms. The monoisotopic (exact) mass is 243 g/mol. The van der Waals surface area contributed by atoms with Crippen molar-refractivity contribution in [3.05, 3.63) is 22.8 Å². The van der Waals surface area contributed by atoms with Crippen molar-refractivity contribution in [1.29, 1.82) is 0 Å². The number of nitrogens with one attached hydrogen (secondary N) is 1. The van der Waals surface area contributed by atoms with Crippen LogP contribution in [0, 0.1) is 13.8 Å². The van der Waals surface area contributed by atoms with Crippen molar-refractivity contribution in [3.63, 3.8) is 0 Å². The molecule has 0 fully saturated rings. The third-order valence-electron chi connectivity index (χ3n) is 2.70. The first kappa shape index (κ1) is 13.1. The average Bonchev–Trinajstić information content (AvgIpc) is 2.30. The number of methoxy groups -OCH3 is 2. The molecule has 0 aliphatic heterocycles. The minimum absolute atomic E-state index is 0.415. The van der Waals surface area contributed by atoms with Crippen LogP contribution in [0.15, 0.2) is 6.07 Å². The summed E-state index contributed by atoms with van der Waals surface area (Å²) in [6.45, 7) is 4.72. The van der Waals surface area contributed by atoms with Crippen LogP contribution in [0.4, 0.5) is 0 Å². The zero-order valence-corrected chi connectivity index (χ0v) is 10.9. The second kappa shape index (κ2) is 5.97. The summed E-state index contributed by atoms with van der Waals surface area (Å²) in [4.78, 5) is 0. The Morgan fingerprint density at radius 1 is 1.19 bits per heavy atom. The Balaban J connectivity index is 3.18. The van der Waals surface area contributed by atoms with Crippen LogP contribution in [-0.2, 0) is 6.54 Å². The van der Waals surface area contributed by atoms with Gasteiger partial charge in [0.2, 0.25) is 0 Å². The van der Waals surface area contributed by atoms with Crippen LogP contribution in [0.2, 0.25) is 0 Å². The van der Waals surface area contributed by atoms with Crippen LogP contribution < -0.4 is 14.8 Å². The van der Waals surface area contributed by atoms with Crippen molar-refractivity contribution in [2.45, 2.75) is 20.4 Å². The predicted molar refractivity (Wildman–Crippen MR) is 66.6 cm³/mol. The largest absolute Gasteiger partial charge is 0.496 e. The van der Waals surface area contributed by atoms with Gasteiger partial charge in [0.05, 0.1) is 20.2 Å². The van der Waals surface area contributed by atoms with Crippen LogP contribution >= 0.6 is 11.6 Å². The smallest absolute Gasteiger partial charge is 0.126 e. The molecule has 0 bridgehead atoms. The van der Waals surface area contributed by atoms with Gasteiger partial charge in [0, 0.05) is 12.1 Å². The van der Waals surface area contributed by atoms with E-state index in [4.69, 9.17) is 21.1 Å². The van der Waals surface area contributed by atoms with Crippen molar-refractivity contribution in [2.75, 3.05) is 20.2 Å². The van der Waals surface area contributed by atoms with Gasteiger partial charge in [0.25, 0.3) is 0 Å². The Hall–Kier alpha value is -0.930. The van der Waals surface area contributed by atoms with Crippen molar-refractivity contribution < 1.29 is 9.47 Å². The second-order valence-corrected chi connectivity index (χ2v) is 3.85. The quantitative estimate of drug-likeness (QED) is 0.637. The number of rotatable bonds is 5. The minimum atomic E-state index is 0.415. The van der Waals surface area contributed by atoms with Gasteiger partial charge >= 0.3 is 0 Å². The Morgan fingerprint density at radius 3 is 2.38 bits per heavy atom. The topological polar surface area (TPSA) is 30.5 Å². The number of hydrogen-bond acceptors (Lipinski definition) is 3. The van der Waals surface area contributed by atoms with Gasteiger partial charge in [0.1, 0.15) is 11.5 Å². The predicted octanol–water partition coefficient (Wildman–Crippen LogP) is 2.61. The lowest BCUT2D eigenvalue weighted by atomic mass is 10.0. The van der Waals surface area contributed by atoms with Gasteiger partial charge in [-0.2, -0.15) is 0 Å². The summed E-state index contributed by atoms with van der Waals surface area (Å²) < 4.78 is 10.7. The molecule has 1 N–H and O–H groups in total. The lowest BCUT2D eigenvalue weighted by Crippen LogP contribution is -2.12. The number of hydrogen-bond donors (Lipinski definition) is 1. The van der Waals surface area contributed by atoms with Crippen molar-refractivity contribution in [1.82, 2.24) is 5.32 Å². The van der Waals surface area contributed by atoms with E-state index in [1.54, 1.807) is 14.2 Å². The van der Waals surface area contributed by atoms with Gasteiger partial charge in [-0.05, 0) is 31.0 Å². The molecule has 0 unspecified atom stereocenters. The molecule has 0 aliphatic rings. The molecule has 4 heteroatoms. The Bertz CT molecular complexity index is 367. The zero-order chi connectivity index (χ0) is 12.1. The summed E-state index contributed by atoms with van der Waals surface area (Å²) in [6.07, 6.45) is 0. The van der Waals surface area contributed by atoms with Gasteiger partial charge in [-0.25, -0.2) is 0 Å². The van der Waals surface area contributed by atoms with E-state index in [9.17, 15) is 0 Å². The number of alkyl halides is 1. The summed E-state index contributed by atoms with van der Waals surface area (Å²) in [5.41, 5.74) is 3.27. The van der Waals surface area contributed by atoms with Crippen molar-refractivity contribution in [2.24, 2.45) is 0 Å². The molecule has 1 aromatic carbocycles. The number of benzene rings is 1. The third kappa shape index (κ3) is 2.60. The lowest BCUT2D eigenvalue weighted by molar-refractivity contribution is 0.392. The molecule has 90 valence electrons. The van der Waals surface area contributed by atoms with Gasteiger partial charge < -0.3 is 9.47 Å². The molecule has 0 saturated heterocycles. The first-order valence-electron chi connectivity index (χ1n) is 5.13. The first-order valence-corrected chi connectivity index (χ1v) is 5.66. The van der Waals surface area contributed by atoms with Crippen LogP contribution in [0.1, 0.15) is 16.7 Å². The molecule has 0 aromatic heterocycles. The maximum atomic E-state index is 5.61. The molecular weight excluding hydrogens is 226 g/mol. The van der Waals surface area contributed by atoms with E-state index in [0.29, 0.717) is 12.5 Å². The second-order valence-electron chi connectivity index (χ2n) is 3.58. The average molecular weight is 244 g/mol. The maximum absolute atomic E-state index is 5.61. The summed E-state index contributed by atoms with van der Waals surface area (Å²) in [6, 6.07) is 2.40. The summed E-state index contributed by atoms with van der Waals surface area (Å²) >= 11 is 5.61. The van der Waals surface area contributed by atoms with E-state index < -0.39 is 0 Å². The number of halogens is 1. The fourth-order valence-electron chi connectivity index (χ4n) is 1.74. The standard InChI is InChI=1S/C12H18ClNO2/c1-8-9(2)12(16-4)10(6-14-7-13)5-11(8)15-3/h5,14H,6-7H2,1-4H3. The van der Waals surface area contributed by atoms with Crippen molar-refractivity contribution in [3.8, 4) is 11.5 Å². The van der Waals surface area contributed by atoms with Gasteiger partial charge in [-0.1, -0.05) is 0 Å². The van der Waals surface area contributed by atoms with Crippen LogP contribution in [0.5, 0.6) is 11.5 Å². The molecule has 1 aromatic rings. The van der Waals surface area contributed by atoms with Crippen LogP contribution in [0.3, 0.4) is 0 Å². The molecule has 0 saturated carbocycles. The Kier molecular flexibility index (Phi) is 4.90. The maximum Gasteiger partial charge on any atom is 0.126 e. The molecule has 0 spiro atoms. The van der Waals surface area contributed by atoms with Gasteiger partial charge in [-0.15, -0.1) is 11.6 Å². The van der Waals surface area contributed by atoms with Crippen LogP contribution in [-0.4, -0.2) is 20.2 Å². The molecule has 3 nitrogen and oxygen atoms in total. The van der Waals surface area contributed by atoms with E-state index in [-0.39, 0.29) is 0 Å². The van der Waals surface area contributed by atoms with Crippen LogP contribution in [0.25, 0.3) is 0 Å². The summed E-state index contributed by atoms with van der Waals surface area (Å²) in [5, 5.41) is 3.07. The van der Waals surface area contributed by atoms with E-state index >= 15 is 0 Å². The summed E-state index contributed by atoms with van der Waals surface area (Å²) in [7, 11) is 3.35. The Labute approximate surface area is 102 Å². The van der Waals surface area contributed by atoms with E-state index in [2.05, 4.69) is 5.32 Å². The molecule has 0 atom stereocenters. The molecule has 0 aliphatic carbocycles. The summed E-state index contributed by atoms with van der Waals surface area (Å²) in [5.74, 6) is 1.78.